The zero-order valence-corrected chi connectivity index (χ0v) is 11.0. The van der Waals surface area contributed by atoms with Gasteiger partial charge >= 0.3 is 5.97 Å². The Balaban J connectivity index is 2.28. The Morgan fingerprint density at radius 1 is 1.05 bits per heavy atom. The molecule has 98 valence electrons. The standard InChI is InChI=1S/C16H16O3/c1-11-12(2)15(9-8-13(11)10-16(17)18)19-14-6-4-3-5-7-14/h3-9H,10H2,1-2H3,(H,17,18). The fourth-order valence-electron chi connectivity index (χ4n) is 1.93. The zero-order valence-electron chi connectivity index (χ0n) is 11.0. The Labute approximate surface area is 112 Å². The number of carboxylic acids is 1. The third-order valence-corrected chi connectivity index (χ3v) is 3.16. The van der Waals surface area contributed by atoms with Gasteiger partial charge in [0.15, 0.2) is 0 Å². The van der Waals surface area contributed by atoms with E-state index in [0.29, 0.717) is 0 Å². The number of hydrogen-bond donors (Lipinski definition) is 1. The molecule has 0 heterocycles. The molecule has 3 heteroatoms. The number of rotatable bonds is 4. The molecular weight excluding hydrogens is 240 g/mol. The smallest absolute Gasteiger partial charge is 0.307 e. The lowest BCUT2D eigenvalue weighted by atomic mass is 10.00. The lowest BCUT2D eigenvalue weighted by Gasteiger charge is -2.13. The second-order valence-corrected chi connectivity index (χ2v) is 4.46. The van der Waals surface area contributed by atoms with E-state index in [9.17, 15) is 4.79 Å². The number of benzene rings is 2. The monoisotopic (exact) mass is 256 g/mol. The van der Waals surface area contributed by atoms with Crippen molar-refractivity contribution in [1.29, 1.82) is 0 Å². The minimum atomic E-state index is -0.820. The van der Waals surface area contributed by atoms with Gasteiger partial charge < -0.3 is 9.84 Å². The second-order valence-electron chi connectivity index (χ2n) is 4.46. The molecule has 0 aliphatic rings. The van der Waals surface area contributed by atoms with Gasteiger partial charge in [-0.2, -0.15) is 0 Å². The van der Waals surface area contributed by atoms with Crippen molar-refractivity contribution in [1.82, 2.24) is 0 Å². The summed E-state index contributed by atoms with van der Waals surface area (Å²) in [4.78, 5) is 10.8. The number of ether oxygens (including phenoxy) is 1. The first kappa shape index (κ1) is 13.1. The molecule has 0 aliphatic heterocycles. The lowest BCUT2D eigenvalue weighted by molar-refractivity contribution is -0.136. The molecule has 0 saturated carbocycles. The summed E-state index contributed by atoms with van der Waals surface area (Å²) in [6, 6.07) is 13.2. The largest absolute Gasteiger partial charge is 0.481 e. The van der Waals surface area contributed by atoms with Crippen LogP contribution in [0.5, 0.6) is 11.5 Å². The Bertz CT molecular complexity index is 588. The van der Waals surface area contributed by atoms with Gasteiger partial charge in [-0.15, -0.1) is 0 Å². The van der Waals surface area contributed by atoms with Gasteiger partial charge in [0.05, 0.1) is 6.42 Å². The summed E-state index contributed by atoms with van der Waals surface area (Å²) in [7, 11) is 0. The van der Waals surface area contributed by atoms with Crippen LogP contribution < -0.4 is 4.74 Å². The first-order valence-corrected chi connectivity index (χ1v) is 6.11. The van der Waals surface area contributed by atoms with Crippen molar-refractivity contribution in [2.24, 2.45) is 0 Å². The molecule has 19 heavy (non-hydrogen) atoms. The first-order chi connectivity index (χ1) is 9.08. The maximum atomic E-state index is 10.8. The molecule has 0 bridgehead atoms. The molecule has 0 aliphatic carbocycles. The van der Waals surface area contributed by atoms with Crippen LogP contribution in [0.2, 0.25) is 0 Å². The van der Waals surface area contributed by atoms with Crippen molar-refractivity contribution < 1.29 is 14.6 Å². The predicted octanol–water partition coefficient (Wildman–Crippen LogP) is 3.72. The molecular formula is C16H16O3. The third kappa shape index (κ3) is 3.13. The topological polar surface area (TPSA) is 46.5 Å². The summed E-state index contributed by atoms with van der Waals surface area (Å²) in [6.07, 6.45) is 0.0400. The number of para-hydroxylation sites is 1. The highest BCUT2D eigenvalue weighted by Crippen LogP contribution is 2.28. The van der Waals surface area contributed by atoms with Crippen molar-refractivity contribution in [3.05, 3.63) is 59.2 Å². The van der Waals surface area contributed by atoms with Crippen LogP contribution in [0.3, 0.4) is 0 Å². The molecule has 2 aromatic rings. The molecule has 3 nitrogen and oxygen atoms in total. The number of aliphatic carboxylic acids is 1. The van der Waals surface area contributed by atoms with Crippen LogP contribution in [0.25, 0.3) is 0 Å². The lowest BCUT2D eigenvalue weighted by Crippen LogP contribution is -2.03. The van der Waals surface area contributed by atoms with Gasteiger partial charge in [-0.1, -0.05) is 24.3 Å². The Morgan fingerprint density at radius 2 is 1.74 bits per heavy atom. The van der Waals surface area contributed by atoms with Crippen LogP contribution in [-0.2, 0) is 11.2 Å². The van der Waals surface area contributed by atoms with Crippen molar-refractivity contribution in [3.63, 3.8) is 0 Å². The fraction of sp³-hybridized carbons (Fsp3) is 0.188. The van der Waals surface area contributed by atoms with Crippen LogP contribution in [0, 0.1) is 13.8 Å². The quantitative estimate of drug-likeness (QED) is 0.906. The number of carboxylic acid groups (broad SMARTS) is 1. The SMILES string of the molecule is Cc1c(CC(=O)O)ccc(Oc2ccccc2)c1C. The molecule has 0 saturated heterocycles. The van der Waals surface area contributed by atoms with Gasteiger partial charge in [-0.3, -0.25) is 4.79 Å². The van der Waals surface area contributed by atoms with Crippen molar-refractivity contribution in [3.8, 4) is 11.5 Å². The number of hydrogen-bond acceptors (Lipinski definition) is 2. The zero-order chi connectivity index (χ0) is 13.8. The molecule has 0 atom stereocenters. The average Bonchev–Trinajstić information content (AvgIpc) is 2.39. The molecule has 0 unspecified atom stereocenters. The first-order valence-electron chi connectivity index (χ1n) is 6.11. The van der Waals surface area contributed by atoms with Gasteiger partial charge in [-0.25, -0.2) is 0 Å². The van der Waals surface area contributed by atoms with Crippen molar-refractivity contribution >= 4 is 5.97 Å². The highest BCUT2D eigenvalue weighted by Gasteiger charge is 2.10. The summed E-state index contributed by atoms with van der Waals surface area (Å²) in [6.45, 7) is 3.87. The summed E-state index contributed by atoms with van der Waals surface area (Å²) < 4.78 is 5.80. The van der Waals surface area contributed by atoms with E-state index in [1.54, 1.807) is 0 Å². The van der Waals surface area contributed by atoms with E-state index in [2.05, 4.69) is 0 Å². The van der Waals surface area contributed by atoms with Crippen LogP contribution in [0.15, 0.2) is 42.5 Å². The molecule has 0 amide bonds. The van der Waals surface area contributed by atoms with E-state index in [-0.39, 0.29) is 6.42 Å². The van der Waals surface area contributed by atoms with E-state index in [0.717, 1.165) is 28.2 Å². The van der Waals surface area contributed by atoms with Gasteiger partial charge in [0.2, 0.25) is 0 Å². The van der Waals surface area contributed by atoms with E-state index in [4.69, 9.17) is 9.84 Å². The maximum absolute atomic E-state index is 10.8. The van der Waals surface area contributed by atoms with Gasteiger partial charge in [0, 0.05) is 0 Å². The summed E-state index contributed by atoms with van der Waals surface area (Å²) in [5.41, 5.74) is 2.77. The molecule has 0 spiro atoms. The Morgan fingerprint density at radius 3 is 2.37 bits per heavy atom. The number of carbonyl (C=O) groups is 1. The van der Waals surface area contributed by atoms with E-state index in [1.807, 2.05) is 56.3 Å². The highest BCUT2D eigenvalue weighted by molar-refractivity contribution is 5.71. The highest BCUT2D eigenvalue weighted by atomic mass is 16.5. The fourth-order valence-corrected chi connectivity index (χ4v) is 1.93. The Hall–Kier alpha value is -2.29. The molecule has 2 aromatic carbocycles. The van der Waals surface area contributed by atoms with E-state index < -0.39 is 5.97 Å². The van der Waals surface area contributed by atoms with Gasteiger partial charge in [-0.05, 0) is 48.7 Å². The van der Waals surface area contributed by atoms with E-state index in [1.165, 1.54) is 0 Å². The third-order valence-electron chi connectivity index (χ3n) is 3.16. The Kier molecular flexibility index (Phi) is 3.85. The summed E-state index contributed by atoms with van der Waals surface area (Å²) in [5.74, 6) is 0.716. The predicted molar refractivity (Wildman–Crippen MR) is 73.8 cm³/mol. The normalized spacial score (nSPS) is 10.2. The average molecular weight is 256 g/mol. The van der Waals surface area contributed by atoms with Crippen LogP contribution in [0.4, 0.5) is 0 Å². The minimum Gasteiger partial charge on any atom is -0.481 e. The van der Waals surface area contributed by atoms with Gasteiger partial charge in [0.25, 0.3) is 0 Å². The molecule has 2 rings (SSSR count). The van der Waals surface area contributed by atoms with Crippen molar-refractivity contribution in [2.75, 3.05) is 0 Å². The summed E-state index contributed by atoms with van der Waals surface area (Å²) in [5, 5.41) is 8.86. The molecule has 0 aromatic heterocycles. The summed E-state index contributed by atoms with van der Waals surface area (Å²) >= 11 is 0. The van der Waals surface area contributed by atoms with Crippen LogP contribution in [-0.4, -0.2) is 11.1 Å². The second kappa shape index (κ2) is 5.57. The van der Waals surface area contributed by atoms with E-state index >= 15 is 0 Å². The van der Waals surface area contributed by atoms with Crippen molar-refractivity contribution in [2.45, 2.75) is 20.3 Å². The van der Waals surface area contributed by atoms with Crippen LogP contribution >= 0.6 is 0 Å². The maximum Gasteiger partial charge on any atom is 0.307 e. The van der Waals surface area contributed by atoms with Gasteiger partial charge in [0.1, 0.15) is 11.5 Å². The van der Waals surface area contributed by atoms with Crippen LogP contribution in [0.1, 0.15) is 16.7 Å². The molecule has 1 N–H and O–H groups in total. The minimum absolute atomic E-state index is 0.0400. The molecule has 0 fully saturated rings. The molecule has 0 radical (unpaired) electrons.